The number of hydrogen-bond acceptors (Lipinski definition) is 16. The van der Waals surface area contributed by atoms with Crippen LogP contribution in [0.5, 0.6) is 0 Å². The topological polar surface area (TPSA) is 249 Å². The fourth-order valence-electron chi connectivity index (χ4n) is 14.5. The second-order valence-corrected chi connectivity index (χ2v) is 21.2. The predicted molar refractivity (Wildman–Crippen MR) is 219 cm³/mol. The van der Waals surface area contributed by atoms with Crippen LogP contribution in [0.1, 0.15) is 98.8 Å². The lowest BCUT2D eigenvalue weighted by molar-refractivity contribution is -0.307. The summed E-state index contributed by atoms with van der Waals surface area (Å²) in [4.78, 5) is 0. The quantitative estimate of drug-likeness (QED) is 0.157. The van der Waals surface area contributed by atoms with Crippen molar-refractivity contribution in [2.45, 2.75) is 178 Å². The fourth-order valence-corrected chi connectivity index (χ4v) is 14.5. The zero-order chi connectivity index (χ0) is 44.2. The molecular weight excluding hydrogens is 806 g/mol. The first-order valence-electron chi connectivity index (χ1n) is 23.3. The van der Waals surface area contributed by atoms with E-state index < -0.39 is 104 Å². The standard InChI is InChI=1S/C46H71NO15/c1-20-8-13-46(47-17-20)16-23-14-28-26-7-6-24-15-25(9-11-44(24,4)27(26)10-12-45(28,5)31(23)21(46)2)58-43-40(62-41-37(55)35(53)32(50)22(3)57-41)39(34(52)30(19-49)60-43)61-42-38(56)36(54)33(51)29(18-48)59-42/h6,20-23,25-35,37,41-43,47-56H,7-19H2,1-5H3/t20-,21-,22?,23?,25-,26?,27?,28?,29?,30?,31?,32-,33-,34-,35+,37?,41-,42-,43+,44-,45-,46+/m0/s1. The molecule has 0 aromatic heterocycles. The van der Waals surface area contributed by atoms with E-state index in [0.717, 1.165) is 37.1 Å². The van der Waals surface area contributed by atoms with Gasteiger partial charge < -0.3 is 79.7 Å². The molecule has 4 saturated carbocycles. The Labute approximate surface area is 363 Å². The number of aliphatic hydroxyl groups is 9. The highest BCUT2D eigenvalue weighted by Gasteiger charge is 2.67. The van der Waals surface area contributed by atoms with Gasteiger partial charge in [0.2, 0.25) is 18.3 Å². The normalized spacial score (nSPS) is 52.8. The van der Waals surface area contributed by atoms with Gasteiger partial charge in [-0.3, -0.25) is 0 Å². The lowest BCUT2D eigenvalue weighted by Crippen LogP contribution is -2.58. The molecule has 1 spiro atoms. The summed E-state index contributed by atoms with van der Waals surface area (Å²) in [6, 6.07) is 0. The number of fused-ring (bicyclic) bond motifs is 7. The van der Waals surface area contributed by atoms with Crippen molar-refractivity contribution in [2.24, 2.45) is 52.3 Å². The first-order chi connectivity index (χ1) is 29.4. The van der Waals surface area contributed by atoms with E-state index in [-0.39, 0.29) is 11.2 Å². The molecule has 0 aromatic carbocycles. The molecular formula is C46H71NO15. The zero-order valence-corrected chi connectivity index (χ0v) is 36.7. The summed E-state index contributed by atoms with van der Waals surface area (Å²) in [7, 11) is 0. The van der Waals surface area contributed by atoms with Gasteiger partial charge in [-0.1, -0.05) is 39.3 Å². The molecule has 2 saturated heterocycles. The van der Waals surface area contributed by atoms with Crippen LogP contribution >= 0.6 is 0 Å². The summed E-state index contributed by atoms with van der Waals surface area (Å²) in [5.74, 6) is 2.10. The largest absolute Gasteiger partial charge is 0.506 e. The van der Waals surface area contributed by atoms with Gasteiger partial charge in [0.1, 0.15) is 42.7 Å². The third-order valence-corrected chi connectivity index (χ3v) is 18.0. The predicted octanol–water partition coefficient (Wildman–Crippen LogP) is 2.53. The summed E-state index contributed by atoms with van der Waals surface area (Å²) in [6.45, 7) is 11.1. The molecule has 9 unspecified atom stereocenters. The molecule has 62 heavy (non-hydrogen) atoms. The molecule has 350 valence electrons. The van der Waals surface area contributed by atoms with Crippen LogP contribution < -0.4 is 5.32 Å². The molecule has 0 radical (unpaired) electrons. The minimum absolute atomic E-state index is 0.0123. The molecule has 0 amide bonds. The molecule has 4 aliphatic heterocycles. The lowest BCUT2D eigenvalue weighted by atomic mass is 9.46. The number of aliphatic hydroxyl groups excluding tert-OH is 9. The summed E-state index contributed by atoms with van der Waals surface area (Å²) in [6.07, 6.45) is -4.39. The fraction of sp³-hybridized carbons (Fsp3) is 0.870. The van der Waals surface area contributed by atoms with Crippen molar-refractivity contribution in [1.29, 1.82) is 0 Å². The maximum atomic E-state index is 11.5. The monoisotopic (exact) mass is 877 g/mol. The van der Waals surface area contributed by atoms with Gasteiger partial charge in [0.05, 0.1) is 25.4 Å². The van der Waals surface area contributed by atoms with E-state index in [9.17, 15) is 46.0 Å². The molecule has 9 aliphatic rings. The number of ether oxygens (including phenoxy) is 6. The van der Waals surface area contributed by atoms with Gasteiger partial charge >= 0.3 is 0 Å². The molecule has 0 bridgehead atoms. The Morgan fingerprint density at radius 3 is 2.21 bits per heavy atom. The minimum atomic E-state index is -1.88. The second-order valence-electron chi connectivity index (χ2n) is 21.2. The van der Waals surface area contributed by atoms with E-state index in [2.05, 4.69) is 39.1 Å². The van der Waals surface area contributed by atoms with Crippen LogP contribution in [-0.4, -0.2) is 145 Å². The van der Waals surface area contributed by atoms with Crippen molar-refractivity contribution in [3.8, 4) is 0 Å². The van der Waals surface area contributed by atoms with Crippen LogP contribution in [0.4, 0.5) is 0 Å². The maximum Gasteiger partial charge on any atom is 0.262 e. The van der Waals surface area contributed by atoms with Crippen molar-refractivity contribution in [1.82, 2.24) is 5.32 Å². The minimum Gasteiger partial charge on any atom is -0.506 e. The lowest BCUT2D eigenvalue weighted by Gasteiger charge is -2.59. The van der Waals surface area contributed by atoms with Gasteiger partial charge in [-0.2, -0.15) is 0 Å². The molecule has 9 rings (SSSR count). The highest BCUT2D eigenvalue weighted by molar-refractivity contribution is 5.27. The molecule has 10 N–H and O–H groups in total. The van der Waals surface area contributed by atoms with Crippen LogP contribution in [-0.2, 0) is 28.4 Å². The number of hydrogen-bond donors (Lipinski definition) is 10. The summed E-state index contributed by atoms with van der Waals surface area (Å²) in [5.41, 5.74) is 1.96. The molecule has 16 heteroatoms. The van der Waals surface area contributed by atoms with Gasteiger partial charge in [-0.05, 0) is 130 Å². The molecule has 6 fully saturated rings. The Balaban J connectivity index is 0.966. The average Bonchev–Trinajstić information content (AvgIpc) is 3.70. The van der Waals surface area contributed by atoms with E-state index in [0.29, 0.717) is 47.5 Å². The Bertz CT molecular complexity index is 1770. The zero-order valence-electron chi connectivity index (χ0n) is 36.7. The van der Waals surface area contributed by atoms with E-state index in [1.165, 1.54) is 51.0 Å². The van der Waals surface area contributed by atoms with Crippen molar-refractivity contribution in [3.63, 3.8) is 0 Å². The van der Waals surface area contributed by atoms with Crippen LogP contribution in [0.2, 0.25) is 0 Å². The third-order valence-electron chi connectivity index (χ3n) is 18.0. The highest BCUT2D eigenvalue weighted by atomic mass is 16.8. The van der Waals surface area contributed by atoms with Crippen molar-refractivity contribution >= 4 is 0 Å². The summed E-state index contributed by atoms with van der Waals surface area (Å²) < 4.78 is 36.2. The van der Waals surface area contributed by atoms with E-state index >= 15 is 0 Å². The van der Waals surface area contributed by atoms with Gasteiger partial charge in [0.15, 0.2) is 17.3 Å². The number of piperidine rings is 1. The van der Waals surface area contributed by atoms with E-state index in [1.807, 2.05) is 0 Å². The van der Waals surface area contributed by atoms with Gasteiger partial charge in [0, 0.05) is 5.54 Å². The van der Waals surface area contributed by atoms with Gasteiger partial charge in [-0.15, -0.1) is 0 Å². The SMILES string of the molecule is CC1O[C@@H](OC2=C(O[C@@H]3OC(CO)[C@H](O)C(O)=C3O)[C@@H](O)C(CO)O[C@H]2O[C@H]2CC[C@@]3(C)C(=CCC4C5CC6C[C@]7(CC[C@H](C)CN7)[C@@H](C)C6[C@@]5(C)CCC43)C2)C(O)[C@H](O)[C@H]1O. The number of nitrogens with one attached hydrogen (secondary N) is 1. The van der Waals surface area contributed by atoms with Crippen molar-refractivity contribution < 1.29 is 74.4 Å². The second kappa shape index (κ2) is 16.7. The van der Waals surface area contributed by atoms with Crippen molar-refractivity contribution in [2.75, 3.05) is 19.8 Å². The molecule has 5 aliphatic carbocycles. The van der Waals surface area contributed by atoms with E-state index in [1.54, 1.807) is 0 Å². The maximum absolute atomic E-state index is 11.5. The molecule has 0 aromatic rings. The van der Waals surface area contributed by atoms with Crippen LogP contribution in [0.15, 0.2) is 34.7 Å². The Morgan fingerprint density at radius 1 is 0.774 bits per heavy atom. The Hall–Kier alpha value is -2.06. The average molecular weight is 878 g/mol. The third kappa shape index (κ3) is 7.16. The van der Waals surface area contributed by atoms with E-state index in [4.69, 9.17) is 28.4 Å². The van der Waals surface area contributed by atoms with Gasteiger partial charge in [0.25, 0.3) is 6.29 Å². The van der Waals surface area contributed by atoms with Crippen molar-refractivity contribution in [3.05, 3.63) is 34.7 Å². The smallest absolute Gasteiger partial charge is 0.262 e. The highest BCUT2D eigenvalue weighted by Crippen LogP contribution is 2.72. The first kappa shape index (κ1) is 45.1. The Kier molecular flexibility index (Phi) is 12.1. The summed E-state index contributed by atoms with van der Waals surface area (Å²) >= 11 is 0. The molecule has 22 atom stereocenters. The first-order valence-corrected chi connectivity index (χ1v) is 23.3. The molecule has 16 nitrogen and oxygen atoms in total. The summed E-state index contributed by atoms with van der Waals surface area (Å²) in [5, 5.41) is 99.4. The Morgan fingerprint density at radius 2 is 1.50 bits per heavy atom. The van der Waals surface area contributed by atoms with Gasteiger partial charge in [-0.25, -0.2) is 0 Å². The van der Waals surface area contributed by atoms with Crippen LogP contribution in [0.25, 0.3) is 0 Å². The number of allylic oxidation sites excluding steroid dienone is 1. The van der Waals surface area contributed by atoms with Crippen LogP contribution in [0, 0.1) is 52.3 Å². The molecule has 4 heterocycles. The number of rotatable bonds is 8. The van der Waals surface area contributed by atoms with Crippen LogP contribution in [0.3, 0.4) is 0 Å².